The van der Waals surface area contributed by atoms with Gasteiger partial charge in [0.25, 0.3) is 0 Å². The summed E-state index contributed by atoms with van der Waals surface area (Å²) in [4.78, 5) is 0. The van der Waals surface area contributed by atoms with E-state index in [2.05, 4.69) is 0 Å². The molecule has 3 N–H and O–H groups in total. The van der Waals surface area contributed by atoms with E-state index in [0.29, 0.717) is 6.42 Å². The van der Waals surface area contributed by atoms with Crippen LogP contribution in [0.1, 0.15) is 48.8 Å². The number of aliphatic hydroxyl groups excluding tert-OH is 2. The van der Waals surface area contributed by atoms with E-state index in [-0.39, 0.29) is 30.1 Å². The van der Waals surface area contributed by atoms with E-state index in [0.717, 1.165) is 11.1 Å². The Morgan fingerprint density at radius 2 is 2.00 bits per heavy atom. The second kappa shape index (κ2) is 4.90. The number of phenolic OH excluding ortho intramolecular Hbond substituents is 1. The van der Waals surface area contributed by atoms with Crippen molar-refractivity contribution in [3.8, 4) is 5.75 Å². The summed E-state index contributed by atoms with van der Waals surface area (Å²) in [6, 6.07) is 3.78. The lowest BCUT2D eigenvalue weighted by atomic mass is 9.71. The van der Waals surface area contributed by atoms with E-state index in [1.165, 1.54) is 5.56 Å². The minimum Gasteiger partial charge on any atom is -0.508 e. The van der Waals surface area contributed by atoms with Crippen LogP contribution in [0, 0.1) is 12.8 Å². The Hall–Kier alpha value is -1.06. The van der Waals surface area contributed by atoms with Gasteiger partial charge >= 0.3 is 0 Å². The number of aromatic hydroxyl groups is 1. The molecule has 0 amide bonds. The summed E-state index contributed by atoms with van der Waals surface area (Å²) in [5, 5.41) is 29.3. The second-order valence-corrected chi connectivity index (χ2v) is 5.63. The van der Waals surface area contributed by atoms with Crippen LogP contribution in [0.15, 0.2) is 12.1 Å². The predicted octanol–water partition coefficient (Wildman–Crippen LogP) is 2.28. The Labute approximate surface area is 108 Å². The Morgan fingerprint density at radius 3 is 2.61 bits per heavy atom. The summed E-state index contributed by atoms with van der Waals surface area (Å²) >= 11 is 0. The monoisotopic (exact) mass is 250 g/mol. The molecule has 3 heteroatoms. The van der Waals surface area contributed by atoms with Gasteiger partial charge in [0.05, 0.1) is 6.10 Å². The first-order valence-corrected chi connectivity index (χ1v) is 6.58. The zero-order valence-electron chi connectivity index (χ0n) is 11.2. The fourth-order valence-electron chi connectivity index (χ4n) is 2.92. The molecule has 18 heavy (non-hydrogen) atoms. The maximum atomic E-state index is 10.1. The first-order chi connectivity index (χ1) is 8.45. The Morgan fingerprint density at radius 1 is 1.33 bits per heavy atom. The lowest BCUT2D eigenvalue weighted by Gasteiger charge is -2.36. The summed E-state index contributed by atoms with van der Waals surface area (Å²) < 4.78 is 0. The van der Waals surface area contributed by atoms with Crippen LogP contribution in [0.25, 0.3) is 0 Å². The molecule has 1 aliphatic rings. The van der Waals surface area contributed by atoms with Crippen molar-refractivity contribution in [2.24, 2.45) is 5.92 Å². The van der Waals surface area contributed by atoms with E-state index < -0.39 is 6.10 Å². The number of aryl methyl sites for hydroxylation is 1. The van der Waals surface area contributed by atoms with Gasteiger partial charge in [-0.2, -0.15) is 0 Å². The molecule has 1 aliphatic carbocycles. The molecule has 0 spiro atoms. The number of hydrogen-bond donors (Lipinski definition) is 3. The molecule has 0 aromatic heterocycles. The maximum Gasteiger partial charge on any atom is 0.118 e. The van der Waals surface area contributed by atoms with E-state index in [1.54, 1.807) is 6.07 Å². The van der Waals surface area contributed by atoms with Crippen LogP contribution < -0.4 is 0 Å². The molecule has 1 aromatic carbocycles. The van der Waals surface area contributed by atoms with E-state index >= 15 is 0 Å². The lowest BCUT2D eigenvalue weighted by molar-refractivity contribution is 0.100. The third-order valence-electron chi connectivity index (χ3n) is 4.34. The summed E-state index contributed by atoms with van der Waals surface area (Å²) in [5.74, 6) is 0.601. The first-order valence-electron chi connectivity index (χ1n) is 6.58. The van der Waals surface area contributed by atoms with Crippen LogP contribution in [0.4, 0.5) is 0 Å². The minimum atomic E-state index is -0.404. The number of hydrogen-bond acceptors (Lipinski definition) is 3. The van der Waals surface area contributed by atoms with E-state index in [9.17, 15) is 15.3 Å². The van der Waals surface area contributed by atoms with Crippen molar-refractivity contribution in [3.05, 3.63) is 28.8 Å². The van der Waals surface area contributed by atoms with Crippen molar-refractivity contribution < 1.29 is 15.3 Å². The highest BCUT2D eigenvalue weighted by Gasteiger charge is 2.34. The van der Waals surface area contributed by atoms with Gasteiger partial charge in [-0.25, -0.2) is 0 Å². The van der Waals surface area contributed by atoms with Crippen LogP contribution in [-0.2, 0) is 0 Å². The molecule has 3 unspecified atom stereocenters. The average Bonchev–Trinajstić information content (AvgIpc) is 2.35. The van der Waals surface area contributed by atoms with Gasteiger partial charge in [-0.1, -0.05) is 19.9 Å². The second-order valence-electron chi connectivity index (χ2n) is 5.63. The summed E-state index contributed by atoms with van der Waals surface area (Å²) in [6.45, 7) is 5.98. The van der Waals surface area contributed by atoms with Crippen LogP contribution in [0.5, 0.6) is 5.75 Å². The number of aliphatic hydroxyl groups is 2. The maximum absolute atomic E-state index is 10.1. The molecule has 4 atom stereocenters. The van der Waals surface area contributed by atoms with Crippen molar-refractivity contribution in [3.63, 3.8) is 0 Å². The molecule has 0 fully saturated rings. The largest absolute Gasteiger partial charge is 0.508 e. The molecule has 0 aliphatic heterocycles. The molecule has 3 nitrogen and oxygen atoms in total. The van der Waals surface area contributed by atoms with Crippen molar-refractivity contribution in [1.29, 1.82) is 0 Å². The van der Waals surface area contributed by atoms with Gasteiger partial charge in [-0.15, -0.1) is 0 Å². The Balaban J connectivity index is 2.52. The van der Waals surface area contributed by atoms with Crippen molar-refractivity contribution in [1.82, 2.24) is 0 Å². The van der Waals surface area contributed by atoms with Gasteiger partial charge < -0.3 is 15.3 Å². The Kier molecular flexibility index (Phi) is 3.64. The van der Waals surface area contributed by atoms with Gasteiger partial charge in [0.2, 0.25) is 0 Å². The molecule has 0 heterocycles. The highest BCUT2D eigenvalue weighted by Crippen LogP contribution is 2.44. The molecule has 100 valence electrons. The van der Waals surface area contributed by atoms with Gasteiger partial charge in [0.15, 0.2) is 0 Å². The van der Waals surface area contributed by atoms with Crippen molar-refractivity contribution in [2.75, 3.05) is 6.61 Å². The number of benzene rings is 1. The highest BCUT2D eigenvalue weighted by molar-refractivity contribution is 5.46. The van der Waals surface area contributed by atoms with Gasteiger partial charge in [0.1, 0.15) is 5.75 Å². The van der Waals surface area contributed by atoms with Crippen molar-refractivity contribution in [2.45, 2.75) is 45.1 Å². The lowest BCUT2D eigenvalue weighted by Crippen LogP contribution is -2.30. The van der Waals surface area contributed by atoms with Gasteiger partial charge in [-0.3, -0.25) is 0 Å². The van der Waals surface area contributed by atoms with Crippen LogP contribution in [-0.4, -0.2) is 28.0 Å². The third kappa shape index (κ3) is 2.13. The minimum absolute atomic E-state index is 0.0358. The van der Waals surface area contributed by atoms with Crippen LogP contribution in [0.2, 0.25) is 0 Å². The number of fused-ring (bicyclic) bond motifs is 1. The molecule has 1 aromatic rings. The quantitative estimate of drug-likeness (QED) is 0.754. The number of rotatable bonds is 2. The van der Waals surface area contributed by atoms with Gasteiger partial charge in [0, 0.05) is 12.5 Å². The Bertz CT molecular complexity index is 442. The van der Waals surface area contributed by atoms with Crippen LogP contribution >= 0.6 is 0 Å². The van der Waals surface area contributed by atoms with Gasteiger partial charge in [-0.05, 0) is 47.9 Å². The highest BCUT2D eigenvalue weighted by atomic mass is 16.3. The fraction of sp³-hybridized carbons (Fsp3) is 0.600. The SMILES string of the molecule is Cc1cc2c(cc1O)C(C)[C@H](O)CC2C(C)CO. The molecule has 0 saturated carbocycles. The zero-order valence-corrected chi connectivity index (χ0v) is 11.2. The molecule has 0 saturated heterocycles. The third-order valence-corrected chi connectivity index (χ3v) is 4.34. The smallest absolute Gasteiger partial charge is 0.118 e. The average molecular weight is 250 g/mol. The molecular formula is C15H22O3. The molecular weight excluding hydrogens is 228 g/mol. The summed E-state index contributed by atoms with van der Waals surface area (Å²) in [6.07, 6.45) is 0.277. The fourth-order valence-corrected chi connectivity index (χ4v) is 2.92. The topological polar surface area (TPSA) is 60.7 Å². The number of phenols is 1. The van der Waals surface area contributed by atoms with Crippen molar-refractivity contribution >= 4 is 0 Å². The molecule has 0 bridgehead atoms. The summed E-state index contributed by atoms with van der Waals surface area (Å²) in [5.41, 5.74) is 3.04. The summed E-state index contributed by atoms with van der Waals surface area (Å²) in [7, 11) is 0. The van der Waals surface area contributed by atoms with Crippen LogP contribution in [0.3, 0.4) is 0 Å². The van der Waals surface area contributed by atoms with E-state index in [1.807, 2.05) is 26.8 Å². The standard InChI is InChI=1S/C15H22O3/c1-8-4-13-11(9(2)7-16)5-15(18)10(3)12(13)6-14(8)17/h4,6,9-11,15-18H,5,7H2,1-3H3/t9?,10?,11?,15-/m1/s1. The zero-order chi connectivity index (χ0) is 13.4. The normalized spacial score (nSPS) is 28.8. The molecule has 2 rings (SSSR count). The first kappa shape index (κ1) is 13.4. The van der Waals surface area contributed by atoms with E-state index in [4.69, 9.17) is 0 Å². The molecule has 0 radical (unpaired) electrons. The predicted molar refractivity (Wildman–Crippen MR) is 70.9 cm³/mol.